The first-order chi connectivity index (χ1) is 9.38. The molecule has 0 aromatic heterocycles. The molecule has 0 radical (unpaired) electrons. The molecule has 20 heavy (non-hydrogen) atoms. The van der Waals surface area contributed by atoms with Gasteiger partial charge >= 0.3 is 0 Å². The van der Waals surface area contributed by atoms with Crippen LogP contribution in [-0.4, -0.2) is 50.3 Å². The van der Waals surface area contributed by atoms with Crippen LogP contribution in [0.25, 0.3) is 0 Å². The van der Waals surface area contributed by atoms with Gasteiger partial charge in [-0.1, -0.05) is 25.7 Å². The van der Waals surface area contributed by atoms with Crippen molar-refractivity contribution in [2.24, 2.45) is 0 Å². The van der Waals surface area contributed by atoms with Crippen molar-refractivity contribution in [3.05, 3.63) is 0 Å². The summed E-state index contributed by atoms with van der Waals surface area (Å²) in [4.78, 5) is 2.49. The summed E-state index contributed by atoms with van der Waals surface area (Å²) in [7, 11) is 8.47. The highest BCUT2D eigenvalue weighted by Gasteiger charge is 2.40. The molecule has 120 valence electrons. The van der Waals surface area contributed by atoms with E-state index in [-0.39, 0.29) is 5.60 Å². The topological polar surface area (TPSA) is 24.5 Å². The van der Waals surface area contributed by atoms with Crippen LogP contribution in [0.5, 0.6) is 0 Å². The van der Waals surface area contributed by atoms with E-state index in [1.807, 2.05) is 7.11 Å². The lowest BCUT2D eigenvalue weighted by Crippen LogP contribution is -2.58. The number of rotatable bonds is 7. The van der Waals surface area contributed by atoms with E-state index in [9.17, 15) is 0 Å². The smallest absolute Gasteiger partial charge is 0.0623 e. The standard InChI is InChI=1S/C17H36N2O/c1-16(2,20-6)14-11-15(18-3)17(19(4)5)12-9-7-8-10-13-17/h15,18H,7-14H2,1-6H3. The Morgan fingerprint density at radius 3 is 2.10 bits per heavy atom. The molecule has 1 rings (SSSR count). The average Bonchev–Trinajstić information content (AvgIpc) is 2.66. The predicted octanol–water partition coefficient (Wildman–Crippen LogP) is 3.43. The zero-order valence-electron chi connectivity index (χ0n) is 14.6. The van der Waals surface area contributed by atoms with Crippen molar-refractivity contribution >= 4 is 0 Å². The third-order valence-corrected chi connectivity index (χ3v) is 5.44. The molecular formula is C17H36N2O. The van der Waals surface area contributed by atoms with Gasteiger partial charge in [0, 0.05) is 18.7 Å². The van der Waals surface area contributed by atoms with Crippen LogP contribution in [0.1, 0.15) is 65.2 Å². The highest BCUT2D eigenvalue weighted by molar-refractivity contribution is 4.99. The Kier molecular flexibility index (Phi) is 6.96. The number of nitrogens with one attached hydrogen (secondary N) is 1. The van der Waals surface area contributed by atoms with Gasteiger partial charge in [0.15, 0.2) is 0 Å². The molecule has 3 heteroatoms. The van der Waals surface area contributed by atoms with E-state index < -0.39 is 0 Å². The zero-order chi connectivity index (χ0) is 15.2. The fourth-order valence-corrected chi connectivity index (χ4v) is 3.72. The summed E-state index contributed by atoms with van der Waals surface area (Å²) in [6, 6.07) is 0.546. The maximum Gasteiger partial charge on any atom is 0.0623 e. The molecule has 1 unspecified atom stereocenters. The first kappa shape index (κ1) is 17.9. The zero-order valence-corrected chi connectivity index (χ0v) is 14.6. The summed E-state index contributed by atoms with van der Waals surface area (Å²) in [5, 5.41) is 3.62. The van der Waals surface area contributed by atoms with E-state index in [2.05, 4.69) is 45.2 Å². The van der Waals surface area contributed by atoms with E-state index >= 15 is 0 Å². The molecule has 1 N–H and O–H groups in total. The van der Waals surface area contributed by atoms with Gasteiger partial charge in [-0.3, -0.25) is 0 Å². The summed E-state index contributed by atoms with van der Waals surface area (Å²) in [6.45, 7) is 4.38. The minimum absolute atomic E-state index is 0.0205. The monoisotopic (exact) mass is 284 g/mol. The van der Waals surface area contributed by atoms with Gasteiger partial charge in [0.2, 0.25) is 0 Å². The number of methoxy groups -OCH3 is 1. The second kappa shape index (κ2) is 7.77. The Hall–Kier alpha value is -0.120. The molecule has 0 bridgehead atoms. The van der Waals surface area contributed by atoms with Crippen molar-refractivity contribution in [1.29, 1.82) is 0 Å². The number of hydrogen-bond donors (Lipinski definition) is 1. The summed E-state index contributed by atoms with van der Waals surface area (Å²) >= 11 is 0. The van der Waals surface area contributed by atoms with Crippen molar-refractivity contribution in [2.45, 2.75) is 82.4 Å². The third-order valence-electron chi connectivity index (χ3n) is 5.44. The van der Waals surface area contributed by atoms with Gasteiger partial charge in [-0.05, 0) is 60.7 Å². The molecule has 0 heterocycles. The molecule has 0 saturated heterocycles. The van der Waals surface area contributed by atoms with Crippen molar-refractivity contribution in [3.63, 3.8) is 0 Å². The van der Waals surface area contributed by atoms with Gasteiger partial charge in [0.05, 0.1) is 5.60 Å². The second-order valence-electron chi connectivity index (χ2n) is 7.26. The fraction of sp³-hybridized carbons (Fsp3) is 1.00. The number of ether oxygens (including phenoxy) is 1. The quantitative estimate of drug-likeness (QED) is 0.725. The van der Waals surface area contributed by atoms with Crippen LogP contribution in [0.4, 0.5) is 0 Å². The predicted molar refractivity (Wildman–Crippen MR) is 87.3 cm³/mol. The SMILES string of the molecule is CNC(CCC(C)(C)OC)C1(N(C)C)CCCCCC1. The maximum absolute atomic E-state index is 5.60. The van der Waals surface area contributed by atoms with Crippen molar-refractivity contribution in [1.82, 2.24) is 10.2 Å². The molecule has 0 aromatic rings. The van der Waals surface area contributed by atoms with Crippen LogP contribution in [0.3, 0.4) is 0 Å². The average molecular weight is 284 g/mol. The van der Waals surface area contributed by atoms with Gasteiger partial charge in [-0.2, -0.15) is 0 Å². The summed E-state index contributed by atoms with van der Waals surface area (Å²) in [6.07, 6.45) is 10.4. The van der Waals surface area contributed by atoms with Gasteiger partial charge in [0.25, 0.3) is 0 Å². The Bertz CT molecular complexity index is 268. The Morgan fingerprint density at radius 2 is 1.70 bits per heavy atom. The van der Waals surface area contributed by atoms with Crippen LogP contribution in [-0.2, 0) is 4.74 Å². The Labute approximate surface area is 126 Å². The summed E-state index contributed by atoms with van der Waals surface area (Å²) in [5.41, 5.74) is 0.294. The minimum atomic E-state index is -0.0205. The van der Waals surface area contributed by atoms with Crippen LogP contribution in [0, 0.1) is 0 Å². The lowest BCUT2D eigenvalue weighted by molar-refractivity contribution is 0.00206. The maximum atomic E-state index is 5.60. The lowest BCUT2D eigenvalue weighted by Gasteiger charge is -2.46. The first-order valence-electron chi connectivity index (χ1n) is 8.28. The molecule has 3 nitrogen and oxygen atoms in total. The van der Waals surface area contributed by atoms with E-state index in [0.29, 0.717) is 11.6 Å². The Morgan fingerprint density at radius 1 is 1.15 bits per heavy atom. The van der Waals surface area contributed by atoms with Gasteiger partial charge in [-0.25, -0.2) is 0 Å². The molecule has 0 aromatic carbocycles. The minimum Gasteiger partial charge on any atom is -0.379 e. The van der Waals surface area contributed by atoms with E-state index in [1.165, 1.54) is 44.9 Å². The highest BCUT2D eigenvalue weighted by atomic mass is 16.5. The van der Waals surface area contributed by atoms with Crippen LogP contribution in [0.2, 0.25) is 0 Å². The molecule has 0 spiro atoms. The second-order valence-corrected chi connectivity index (χ2v) is 7.26. The molecule has 1 fully saturated rings. The van der Waals surface area contributed by atoms with Crippen LogP contribution < -0.4 is 5.32 Å². The van der Waals surface area contributed by atoms with Gasteiger partial charge in [-0.15, -0.1) is 0 Å². The first-order valence-corrected chi connectivity index (χ1v) is 8.28. The Balaban J connectivity index is 2.80. The molecule has 1 atom stereocenters. The highest BCUT2D eigenvalue weighted by Crippen LogP contribution is 2.36. The fourth-order valence-electron chi connectivity index (χ4n) is 3.72. The van der Waals surface area contributed by atoms with Gasteiger partial charge in [0.1, 0.15) is 0 Å². The molecule has 1 aliphatic carbocycles. The van der Waals surface area contributed by atoms with E-state index in [0.717, 1.165) is 6.42 Å². The van der Waals surface area contributed by atoms with Crippen molar-refractivity contribution < 1.29 is 4.74 Å². The molecule has 0 aliphatic heterocycles. The normalized spacial score (nSPS) is 21.8. The summed E-state index contributed by atoms with van der Waals surface area (Å²) < 4.78 is 5.60. The van der Waals surface area contributed by atoms with Crippen molar-refractivity contribution in [2.75, 3.05) is 28.3 Å². The molecule has 0 amide bonds. The third kappa shape index (κ3) is 4.44. The number of likely N-dealkylation sites (N-methyl/N-ethyl adjacent to an activating group) is 2. The van der Waals surface area contributed by atoms with Crippen LogP contribution >= 0.6 is 0 Å². The van der Waals surface area contributed by atoms with Crippen LogP contribution in [0.15, 0.2) is 0 Å². The van der Waals surface area contributed by atoms with E-state index in [1.54, 1.807) is 0 Å². The molecule has 1 saturated carbocycles. The van der Waals surface area contributed by atoms with Gasteiger partial charge < -0.3 is 15.0 Å². The summed E-state index contributed by atoms with van der Waals surface area (Å²) in [5.74, 6) is 0. The molecule has 1 aliphatic rings. The lowest BCUT2D eigenvalue weighted by atomic mass is 9.78. The number of hydrogen-bond acceptors (Lipinski definition) is 3. The molecular weight excluding hydrogens is 248 g/mol. The van der Waals surface area contributed by atoms with E-state index in [4.69, 9.17) is 4.74 Å². The largest absolute Gasteiger partial charge is 0.379 e. The van der Waals surface area contributed by atoms with Crippen molar-refractivity contribution in [3.8, 4) is 0 Å². The number of nitrogens with zero attached hydrogens (tertiary/aromatic N) is 1.